The summed E-state index contributed by atoms with van der Waals surface area (Å²) in [5.41, 5.74) is -1.17. The summed E-state index contributed by atoms with van der Waals surface area (Å²) >= 11 is 5.50. The largest absolute Gasteiger partial charge is 0.480 e. The fourth-order valence-corrected chi connectivity index (χ4v) is 1.43. The number of aliphatic carboxylic acids is 1. The Balaban J connectivity index is 3.10. The van der Waals surface area contributed by atoms with Crippen molar-refractivity contribution in [2.45, 2.75) is 6.04 Å². The fourth-order valence-electron chi connectivity index (χ4n) is 1.21. The average molecular weight is 290 g/mol. The molecule has 9 nitrogen and oxygen atoms in total. The van der Waals surface area contributed by atoms with Gasteiger partial charge in [0.1, 0.15) is 5.56 Å². The van der Waals surface area contributed by atoms with Crippen molar-refractivity contribution in [3.8, 4) is 0 Å². The van der Waals surface area contributed by atoms with Gasteiger partial charge in [-0.1, -0.05) is 11.6 Å². The van der Waals surface area contributed by atoms with Crippen molar-refractivity contribution in [2.24, 2.45) is 0 Å². The van der Waals surface area contributed by atoms with Gasteiger partial charge in [0.05, 0.1) is 11.5 Å². The maximum absolute atomic E-state index is 11.7. The number of nitro groups is 1. The highest BCUT2D eigenvalue weighted by atomic mass is 35.5. The van der Waals surface area contributed by atoms with E-state index in [9.17, 15) is 19.7 Å². The number of amides is 1. The zero-order valence-electron chi connectivity index (χ0n) is 9.24. The molecule has 0 saturated carbocycles. The van der Waals surface area contributed by atoms with Crippen molar-refractivity contribution in [2.75, 3.05) is 6.61 Å². The Bertz CT molecular complexity index is 535. The van der Waals surface area contributed by atoms with Crippen molar-refractivity contribution in [1.29, 1.82) is 0 Å². The lowest BCUT2D eigenvalue weighted by Gasteiger charge is -2.11. The summed E-state index contributed by atoms with van der Waals surface area (Å²) in [5, 5.41) is 29.6. The third-order valence-corrected chi connectivity index (χ3v) is 2.37. The van der Waals surface area contributed by atoms with Crippen molar-refractivity contribution in [3.05, 3.63) is 33.1 Å². The Morgan fingerprint density at radius 1 is 1.58 bits per heavy atom. The molecule has 1 atom stereocenters. The van der Waals surface area contributed by atoms with E-state index in [4.69, 9.17) is 21.8 Å². The van der Waals surface area contributed by atoms with Gasteiger partial charge in [0.2, 0.25) is 5.15 Å². The van der Waals surface area contributed by atoms with Gasteiger partial charge in [0.25, 0.3) is 5.91 Å². The molecule has 0 aromatic carbocycles. The fraction of sp³-hybridized carbons (Fsp3) is 0.222. The number of halogens is 1. The second kappa shape index (κ2) is 6.07. The summed E-state index contributed by atoms with van der Waals surface area (Å²) < 4.78 is 0. The summed E-state index contributed by atoms with van der Waals surface area (Å²) in [6.07, 6.45) is 1.07. The zero-order chi connectivity index (χ0) is 14.6. The lowest BCUT2D eigenvalue weighted by atomic mass is 10.2. The van der Waals surface area contributed by atoms with Crippen LogP contribution in [0.25, 0.3) is 0 Å². The number of pyridine rings is 1. The number of aliphatic hydroxyl groups is 1. The van der Waals surface area contributed by atoms with E-state index in [-0.39, 0.29) is 0 Å². The lowest BCUT2D eigenvalue weighted by molar-refractivity contribution is -0.385. The SMILES string of the molecule is O=C(N[C@H](CO)C(=O)O)c1ccnc(Cl)c1[N+](=O)[O-]. The minimum atomic E-state index is -1.57. The second-order valence-electron chi connectivity index (χ2n) is 3.30. The smallest absolute Gasteiger partial charge is 0.328 e. The summed E-state index contributed by atoms with van der Waals surface area (Å²) in [6, 6.07) is -0.547. The molecule has 0 aliphatic carbocycles. The standard InChI is InChI=1S/C9H8ClN3O6/c10-7-6(13(18)19)4(1-2-11-7)8(15)12-5(3-14)9(16)17/h1-2,5,14H,3H2,(H,12,15)(H,16,17)/t5-/m1/s1. The highest BCUT2D eigenvalue weighted by Gasteiger charge is 2.27. The summed E-state index contributed by atoms with van der Waals surface area (Å²) in [6.45, 7) is -0.853. The Morgan fingerprint density at radius 3 is 2.68 bits per heavy atom. The highest BCUT2D eigenvalue weighted by Crippen LogP contribution is 2.25. The molecule has 3 N–H and O–H groups in total. The Kier molecular flexibility index (Phi) is 4.73. The predicted octanol–water partition coefficient (Wildman–Crippen LogP) is -0.182. The van der Waals surface area contributed by atoms with E-state index < -0.39 is 45.9 Å². The molecule has 0 radical (unpaired) electrons. The maximum Gasteiger partial charge on any atom is 0.328 e. The summed E-state index contributed by atoms with van der Waals surface area (Å²) in [7, 11) is 0. The van der Waals surface area contributed by atoms with Crippen LogP contribution >= 0.6 is 11.6 Å². The molecule has 0 unspecified atom stereocenters. The quantitative estimate of drug-likeness (QED) is 0.387. The van der Waals surface area contributed by atoms with Crippen molar-refractivity contribution in [1.82, 2.24) is 10.3 Å². The third kappa shape index (κ3) is 3.36. The number of carboxylic acids is 1. The van der Waals surface area contributed by atoms with Gasteiger partial charge in [-0.2, -0.15) is 0 Å². The minimum absolute atomic E-state index is 0.440. The van der Waals surface area contributed by atoms with Crippen LogP contribution in [-0.2, 0) is 4.79 Å². The molecule has 1 heterocycles. The van der Waals surface area contributed by atoms with Gasteiger partial charge >= 0.3 is 11.7 Å². The molecular formula is C9H8ClN3O6. The molecule has 1 rings (SSSR count). The van der Waals surface area contributed by atoms with Crippen LogP contribution in [0, 0.1) is 10.1 Å². The van der Waals surface area contributed by atoms with Crippen LogP contribution in [0.4, 0.5) is 5.69 Å². The first-order valence-electron chi connectivity index (χ1n) is 4.82. The van der Waals surface area contributed by atoms with E-state index in [0.717, 1.165) is 12.3 Å². The maximum atomic E-state index is 11.7. The van der Waals surface area contributed by atoms with Crippen LogP contribution in [-0.4, -0.2) is 44.6 Å². The molecule has 0 saturated heterocycles. The lowest BCUT2D eigenvalue weighted by Crippen LogP contribution is -2.43. The zero-order valence-corrected chi connectivity index (χ0v) is 9.99. The monoisotopic (exact) mass is 289 g/mol. The normalized spacial score (nSPS) is 11.7. The number of aromatic nitrogens is 1. The molecule has 1 aromatic heterocycles. The molecule has 0 aliphatic rings. The number of rotatable bonds is 5. The van der Waals surface area contributed by atoms with E-state index in [2.05, 4.69) is 4.98 Å². The second-order valence-corrected chi connectivity index (χ2v) is 3.66. The molecule has 0 aliphatic heterocycles. The van der Waals surface area contributed by atoms with Gasteiger partial charge in [0.15, 0.2) is 6.04 Å². The van der Waals surface area contributed by atoms with E-state index >= 15 is 0 Å². The van der Waals surface area contributed by atoms with Crippen molar-refractivity contribution in [3.63, 3.8) is 0 Å². The molecule has 19 heavy (non-hydrogen) atoms. The first-order valence-corrected chi connectivity index (χ1v) is 5.19. The molecule has 0 spiro atoms. The van der Waals surface area contributed by atoms with E-state index in [1.165, 1.54) is 0 Å². The van der Waals surface area contributed by atoms with E-state index in [1.54, 1.807) is 0 Å². The number of carbonyl (C=O) groups is 2. The van der Waals surface area contributed by atoms with Crippen LogP contribution < -0.4 is 5.32 Å². The first kappa shape index (κ1) is 14.8. The Labute approximate surface area is 111 Å². The van der Waals surface area contributed by atoms with Crippen molar-refractivity contribution < 1.29 is 24.7 Å². The van der Waals surface area contributed by atoms with Gasteiger partial charge in [-0.05, 0) is 6.07 Å². The molecule has 0 fully saturated rings. The van der Waals surface area contributed by atoms with Gasteiger partial charge in [-0.15, -0.1) is 0 Å². The number of carbonyl (C=O) groups excluding carboxylic acids is 1. The number of hydrogen-bond acceptors (Lipinski definition) is 6. The van der Waals surface area contributed by atoms with Gasteiger partial charge < -0.3 is 15.5 Å². The van der Waals surface area contributed by atoms with Gasteiger partial charge in [0, 0.05) is 6.20 Å². The van der Waals surface area contributed by atoms with Crippen molar-refractivity contribution >= 4 is 29.2 Å². The molecule has 10 heteroatoms. The van der Waals surface area contributed by atoms with E-state index in [1.807, 2.05) is 5.32 Å². The number of nitrogens with zero attached hydrogens (tertiary/aromatic N) is 2. The topological polar surface area (TPSA) is 143 Å². The van der Waals surface area contributed by atoms with Gasteiger partial charge in [-0.3, -0.25) is 14.9 Å². The van der Waals surface area contributed by atoms with Gasteiger partial charge in [-0.25, -0.2) is 9.78 Å². The molecule has 102 valence electrons. The Hall–Kier alpha value is -2.26. The van der Waals surface area contributed by atoms with Crippen LogP contribution in [0.2, 0.25) is 5.15 Å². The minimum Gasteiger partial charge on any atom is -0.480 e. The molecular weight excluding hydrogens is 282 g/mol. The van der Waals surface area contributed by atoms with Crippen LogP contribution in [0.5, 0.6) is 0 Å². The molecule has 0 bridgehead atoms. The molecule has 1 aromatic rings. The summed E-state index contributed by atoms with van der Waals surface area (Å²) in [4.78, 5) is 35.7. The highest BCUT2D eigenvalue weighted by molar-refractivity contribution is 6.32. The predicted molar refractivity (Wildman–Crippen MR) is 61.9 cm³/mol. The summed E-state index contributed by atoms with van der Waals surface area (Å²) in [5.74, 6) is -2.52. The first-order chi connectivity index (χ1) is 8.88. The number of aliphatic hydroxyl groups excluding tert-OH is 1. The number of carboxylic acid groups (broad SMARTS) is 1. The van der Waals surface area contributed by atoms with E-state index in [0.29, 0.717) is 0 Å². The third-order valence-electron chi connectivity index (χ3n) is 2.09. The van der Waals surface area contributed by atoms with Crippen LogP contribution in [0.1, 0.15) is 10.4 Å². The number of hydrogen-bond donors (Lipinski definition) is 3. The average Bonchev–Trinajstić information content (AvgIpc) is 2.34. The molecule has 1 amide bonds. The van der Waals surface area contributed by atoms with Crippen LogP contribution in [0.3, 0.4) is 0 Å². The van der Waals surface area contributed by atoms with Crippen LogP contribution in [0.15, 0.2) is 12.3 Å². The number of nitrogens with one attached hydrogen (secondary N) is 1. The Morgan fingerprint density at radius 2 is 2.21 bits per heavy atom.